The van der Waals surface area contributed by atoms with Gasteiger partial charge in [-0.15, -0.1) is 0 Å². The lowest BCUT2D eigenvalue weighted by molar-refractivity contribution is -0.137. The van der Waals surface area contributed by atoms with Crippen LogP contribution in [0.15, 0.2) is 42.5 Å². The van der Waals surface area contributed by atoms with E-state index in [-0.39, 0.29) is 5.91 Å². The molecule has 0 saturated carbocycles. The molecule has 24 heavy (non-hydrogen) atoms. The molecule has 2 aromatic rings. The highest BCUT2D eigenvalue weighted by atomic mass is 19.4. The highest BCUT2D eigenvalue weighted by Crippen LogP contribution is 2.31. The summed E-state index contributed by atoms with van der Waals surface area (Å²) in [4.78, 5) is 14.1. The summed E-state index contributed by atoms with van der Waals surface area (Å²) in [6.07, 6.45) is -4.43. The van der Waals surface area contributed by atoms with Crippen LogP contribution in [0.2, 0.25) is 0 Å². The molecule has 0 aromatic heterocycles. The van der Waals surface area contributed by atoms with Gasteiger partial charge in [-0.1, -0.05) is 24.3 Å². The van der Waals surface area contributed by atoms with Gasteiger partial charge in [-0.3, -0.25) is 4.79 Å². The van der Waals surface area contributed by atoms with Crippen LogP contribution >= 0.6 is 0 Å². The number of hydrogen-bond acceptors (Lipinski definition) is 2. The van der Waals surface area contributed by atoms with Gasteiger partial charge >= 0.3 is 6.18 Å². The average molecular weight is 334 g/mol. The highest BCUT2D eigenvalue weighted by molar-refractivity contribution is 5.94. The number of benzene rings is 2. The standard InChI is InChI=1S/C18H15F3NO2/c19-18(20,21)16-3-1-2-15(12-16)13-4-6-14(7-5-13)17(23)22-8-10-24-11-9-22/h1-2,4-7,12H,8-11H2. The van der Waals surface area contributed by atoms with Crippen LogP contribution in [0.1, 0.15) is 15.9 Å². The molecule has 1 fully saturated rings. The molecular formula is C18H15F3NO2. The van der Waals surface area contributed by atoms with Gasteiger partial charge in [0.15, 0.2) is 0 Å². The van der Waals surface area contributed by atoms with E-state index in [0.717, 1.165) is 6.07 Å². The van der Waals surface area contributed by atoms with E-state index in [0.29, 0.717) is 43.0 Å². The maximum absolute atomic E-state index is 12.8. The van der Waals surface area contributed by atoms with E-state index in [9.17, 15) is 18.0 Å². The zero-order chi connectivity index (χ0) is 17.2. The van der Waals surface area contributed by atoms with E-state index in [1.165, 1.54) is 6.07 Å². The number of hydrogen-bond donors (Lipinski definition) is 0. The molecule has 3 nitrogen and oxygen atoms in total. The molecule has 6 heteroatoms. The minimum absolute atomic E-state index is 0.0952. The summed E-state index contributed by atoms with van der Waals surface area (Å²) in [5.41, 5.74) is 0.757. The van der Waals surface area contributed by atoms with Gasteiger partial charge in [0.1, 0.15) is 0 Å². The Labute approximate surface area is 137 Å². The zero-order valence-electron chi connectivity index (χ0n) is 12.8. The lowest BCUT2D eigenvalue weighted by atomic mass is 10.0. The Morgan fingerprint density at radius 2 is 1.71 bits per heavy atom. The molecule has 1 aliphatic heterocycles. The maximum Gasteiger partial charge on any atom is 0.417 e. The minimum Gasteiger partial charge on any atom is -0.378 e. The number of carbonyl (C=O) groups is 1. The average Bonchev–Trinajstić information content (AvgIpc) is 2.61. The number of ether oxygens (including phenoxy) is 1. The Balaban J connectivity index is 1.81. The summed E-state index contributed by atoms with van der Waals surface area (Å²) in [5.74, 6) is -0.0952. The van der Waals surface area contributed by atoms with Crippen LogP contribution in [0.5, 0.6) is 0 Å². The predicted octanol–water partition coefficient (Wildman–Crippen LogP) is 3.64. The van der Waals surface area contributed by atoms with Crippen LogP contribution < -0.4 is 0 Å². The van der Waals surface area contributed by atoms with Crippen molar-refractivity contribution >= 4 is 5.91 Å². The Bertz CT molecular complexity index is 720. The first kappa shape index (κ1) is 16.5. The molecule has 125 valence electrons. The van der Waals surface area contributed by atoms with Crippen molar-refractivity contribution in [3.05, 3.63) is 59.7 Å². The number of nitrogens with zero attached hydrogens (tertiary/aromatic N) is 1. The van der Waals surface area contributed by atoms with E-state index < -0.39 is 11.7 Å². The molecule has 0 bridgehead atoms. The van der Waals surface area contributed by atoms with Crippen molar-refractivity contribution < 1.29 is 22.7 Å². The van der Waals surface area contributed by atoms with Gasteiger partial charge in [-0.25, -0.2) is 0 Å². The van der Waals surface area contributed by atoms with Crippen LogP contribution in [0.4, 0.5) is 13.2 Å². The first-order valence-corrected chi connectivity index (χ1v) is 7.51. The summed E-state index contributed by atoms with van der Waals surface area (Å²) in [5, 5.41) is 0. The van der Waals surface area contributed by atoms with Gasteiger partial charge < -0.3 is 9.64 Å². The number of rotatable bonds is 2. The third-order valence-electron chi connectivity index (χ3n) is 3.87. The normalized spacial score (nSPS) is 15.4. The van der Waals surface area contributed by atoms with Crippen molar-refractivity contribution in [1.82, 2.24) is 4.90 Å². The van der Waals surface area contributed by atoms with Crippen molar-refractivity contribution in [3.8, 4) is 11.1 Å². The first-order chi connectivity index (χ1) is 11.4. The van der Waals surface area contributed by atoms with Gasteiger partial charge in [0.05, 0.1) is 18.8 Å². The van der Waals surface area contributed by atoms with Crippen LogP contribution in [0, 0.1) is 6.07 Å². The van der Waals surface area contributed by atoms with Gasteiger partial charge in [-0.05, 0) is 35.4 Å². The zero-order valence-corrected chi connectivity index (χ0v) is 12.8. The minimum atomic E-state index is -4.43. The molecule has 1 aliphatic rings. The van der Waals surface area contributed by atoms with Crippen molar-refractivity contribution in [3.63, 3.8) is 0 Å². The SMILES string of the molecule is O=C(c1ccc(-c2cc[c]c(C(F)(F)F)c2)cc1)N1CCOCC1. The molecule has 0 unspecified atom stereocenters. The summed E-state index contributed by atoms with van der Waals surface area (Å²) >= 11 is 0. The van der Waals surface area contributed by atoms with Crippen molar-refractivity contribution in [1.29, 1.82) is 0 Å². The topological polar surface area (TPSA) is 29.5 Å². The van der Waals surface area contributed by atoms with E-state index in [4.69, 9.17) is 4.74 Å². The number of alkyl halides is 3. The summed E-state index contributed by atoms with van der Waals surface area (Å²) < 4.78 is 43.5. The third-order valence-corrected chi connectivity index (χ3v) is 3.87. The quantitative estimate of drug-likeness (QED) is 0.839. The highest BCUT2D eigenvalue weighted by Gasteiger charge is 2.30. The lowest BCUT2D eigenvalue weighted by Gasteiger charge is -2.26. The summed E-state index contributed by atoms with van der Waals surface area (Å²) in [6, 6.07) is 12.7. The molecular weight excluding hydrogens is 319 g/mol. The van der Waals surface area contributed by atoms with Crippen molar-refractivity contribution in [2.24, 2.45) is 0 Å². The lowest BCUT2D eigenvalue weighted by Crippen LogP contribution is -2.40. The van der Waals surface area contributed by atoms with Gasteiger partial charge in [-0.2, -0.15) is 13.2 Å². The van der Waals surface area contributed by atoms with Crippen LogP contribution in [0.3, 0.4) is 0 Å². The monoisotopic (exact) mass is 334 g/mol. The molecule has 0 spiro atoms. The maximum atomic E-state index is 12.8. The van der Waals surface area contributed by atoms with Gasteiger partial charge in [0, 0.05) is 18.7 Å². The fourth-order valence-corrected chi connectivity index (χ4v) is 2.56. The Kier molecular flexibility index (Phi) is 4.57. The molecule has 3 rings (SSSR count). The number of amides is 1. The fourth-order valence-electron chi connectivity index (χ4n) is 2.56. The van der Waals surface area contributed by atoms with E-state index in [2.05, 4.69) is 6.07 Å². The smallest absolute Gasteiger partial charge is 0.378 e. The molecule has 1 saturated heterocycles. The molecule has 0 atom stereocenters. The molecule has 1 heterocycles. The molecule has 1 amide bonds. The Morgan fingerprint density at radius 1 is 1.04 bits per heavy atom. The molecule has 1 radical (unpaired) electrons. The number of halogens is 3. The van der Waals surface area contributed by atoms with Crippen molar-refractivity contribution in [2.45, 2.75) is 6.18 Å². The number of morpholine rings is 1. The van der Waals surface area contributed by atoms with Gasteiger partial charge in [0.2, 0.25) is 0 Å². The molecule has 2 aromatic carbocycles. The Morgan fingerprint density at radius 3 is 2.33 bits per heavy atom. The van der Waals surface area contributed by atoms with E-state index in [1.54, 1.807) is 35.2 Å². The van der Waals surface area contributed by atoms with Crippen LogP contribution in [-0.2, 0) is 10.9 Å². The fraction of sp³-hybridized carbons (Fsp3) is 0.278. The number of carbonyl (C=O) groups excluding carboxylic acids is 1. The summed E-state index contributed by atoms with van der Waals surface area (Å²) in [6.45, 7) is 2.13. The molecule has 0 aliphatic carbocycles. The second kappa shape index (κ2) is 6.65. The first-order valence-electron chi connectivity index (χ1n) is 7.51. The predicted molar refractivity (Wildman–Crippen MR) is 82.4 cm³/mol. The second-order valence-electron chi connectivity index (χ2n) is 5.47. The third kappa shape index (κ3) is 3.59. The van der Waals surface area contributed by atoms with Crippen LogP contribution in [0.25, 0.3) is 11.1 Å². The largest absolute Gasteiger partial charge is 0.417 e. The van der Waals surface area contributed by atoms with Gasteiger partial charge in [0.25, 0.3) is 5.91 Å². The van der Waals surface area contributed by atoms with E-state index >= 15 is 0 Å². The van der Waals surface area contributed by atoms with Crippen LogP contribution in [-0.4, -0.2) is 37.1 Å². The molecule has 0 N–H and O–H groups in total. The van der Waals surface area contributed by atoms with E-state index in [1.807, 2.05) is 0 Å². The van der Waals surface area contributed by atoms with Crippen molar-refractivity contribution in [2.75, 3.05) is 26.3 Å². The Hall–Kier alpha value is -2.34. The second-order valence-corrected chi connectivity index (χ2v) is 5.47. The summed E-state index contributed by atoms with van der Waals surface area (Å²) in [7, 11) is 0.